The predicted molar refractivity (Wildman–Crippen MR) is 80.1 cm³/mol. The van der Waals surface area contributed by atoms with Crippen molar-refractivity contribution < 1.29 is 9.53 Å². The summed E-state index contributed by atoms with van der Waals surface area (Å²) >= 11 is 0. The van der Waals surface area contributed by atoms with Crippen molar-refractivity contribution in [3.8, 4) is 0 Å². The average molecular weight is 297 g/mol. The molecule has 0 aliphatic carbocycles. The number of hydrogen-bond donors (Lipinski definition) is 1. The van der Waals surface area contributed by atoms with E-state index in [1.54, 1.807) is 0 Å². The van der Waals surface area contributed by atoms with Crippen LogP contribution in [0.4, 0.5) is 0 Å². The van der Waals surface area contributed by atoms with Crippen molar-refractivity contribution in [2.24, 2.45) is 0 Å². The number of hydrogen-bond acceptors (Lipinski definition) is 3. The normalized spacial score (nSPS) is 25.6. The van der Waals surface area contributed by atoms with E-state index in [9.17, 15) is 4.79 Å². The van der Waals surface area contributed by atoms with Crippen LogP contribution in [0.15, 0.2) is 24.3 Å². The Bertz CT molecular complexity index is 481. The average Bonchev–Trinajstić information content (AvgIpc) is 2.46. The summed E-state index contributed by atoms with van der Waals surface area (Å²) in [6.07, 6.45) is 0.488. The Morgan fingerprint density at radius 3 is 3.00 bits per heavy atom. The molecule has 2 heterocycles. The number of carbonyl (C=O) groups is 1. The van der Waals surface area contributed by atoms with Gasteiger partial charge >= 0.3 is 0 Å². The molecule has 0 saturated carbocycles. The zero-order valence-electron chi connectivity index (χ0n) is 11.7. The van der Waals surface area contributed by atoms with Gasteiger partial charge in [-0.1, -0.05) is 24.3 Å². The zero-order chi connectivity index (χ0) is 13.2. The summed E-state index contributed by atoms with van der Waals surface area (Å²) in [5, 5.41) is 3.31. The first-order valence-corrected chi connectivity index (χ1v) is 6.98. The Balaban J connectivity index is 0.00000147. The number of ether oxygens (including phenoxy) is 1. The van der Waals surface area contributed by atoms with Crippen molar-refractivity contribution in [1.29, 1.82) is 0 Å². The number of halogens is 1. The van der Waals surface area contributed by atoms with Crippen molar-refractivity contribution in [3.63, 3.8) is 0 Å². The number of nitrogens with one attached hydrogen (secondary N) is 1. The van der Waals surface area contributed by atoms with Crippen LogP contribution in [-0.2, 0) is 16.0 Å². The van der Waals surface area contributed by atoms with E-state index in [0.29, 0.717) is 6.61 Å². The highest BCUT2D eigenvalue weighted by atomic mass is 35.5. The zero-order valence-corrected chi connectivity index (χ0v) is 12.5. The molecule has 110 valence electrons. The minimum atomic E-state index is -0.412. The number of carbonyl (C=O) groups excluding carboxylic acids is 1. The van der Waals surface area contributed by atoms with Crippen LogP contribution in [0.3, 0.4) is 0 Å². The van der Waals surface area contributed by atoms with Gasteiger partial charge in [0.15, 0.2) is 6.10 Å². The molecule has 0 spiro atoms. The molecule has 2 aliphatic heterocycles. The van der Waals surface area contributed by atoms with Gasteiger partial charge in [0.25, 0.3) is 5.91 Å². The summed E-state index contributed by atoms with van der Waals surface area (Å²) in [6.45, 7) is 5.21. The Kier molecular flexibility index (Phi) is 5.02. The lowest BCUT2D eigenvalue weighted by Crippen LogP contribution is -2.54. The maximum atomic E-state index is 12.7. The van der Waals surface area contributed by atoms with E-state index in [2.05, 4.69) is 18.3 Å². The van der Waals surface area contributed by atoms with E-state index < -0.39 is 6.10 Å². The number of fused-ring (bicyclic) bond motifs is 1. The van der Waals surface area contributed by atoms with E-state index >= 15 is 0 Å². The van der Waals surface area contributed by atoms with Gasteiger partial charge in [0.2, 0.25) is 0 Å². The van der Waals surface area contributed by atoms with E-state index in [1.807, 2.05) is 23.1 Å². The molecule has 1 aromatic carbocycles. The minimum absolute atomic E-state index is 0. The van der Waals surface area contributed by atoms with E-state index in [1.165, 1.54) is 5.56 Å². The van der Waals surface area contributed by atoms with Crippen LogP contribution in [0.1, 0.15) is 24.2 Å². The molecular formula is C15H21ClN2O2. The molecule has 1 saturated heterocycles. The van der Waals surface area contributed by atoms with Crippen LogP contribution < -0.4 is 5.32 Å². The maximum Gasteiger partial charge on any atom is 0.256 e. The highest BCUT2D eigenvalue weighted by molar-refractivity contribution is 5.85. The van der Waals surface area contributed by atoms with Crippen LogP contribution in [0, 0.1) is 0 Å². The third kappa shape index (κ3) is 2.82. The standard InChI is InChI=1S/C15H20N2O2.ClH/c1-11-10-16-7-8-17(11)15(18)14-13-5-3-2-4-12(13)6-9-19-14;/h2-5,11,14,16H,6-10H2,1H3;1H/t11-,14?;/m1./s1. The van der Waals surface area contributed by atoms with Crippen LogP contribution in [0.25, 0.3) is 0 Å². The van der Waals surface area contributed by atoms with Gasteiger partial charge < -0.3 is 15.0 Å². The van der Waals surface area contributed by atoms with Crippen LogP contribution >= 0.6 is 12.4 Å². The lowest BCUT2D eigenvalue weighted by molar-refractivity contribution is -0.148. The van der Waals surface area contributed by atoms with Crippen molar-refractivity contribution in [2.45, 2.75) is 25.5 Å². The molecule has 1 N–H and O–H groups in total. The Morgan fingerprint density at radius 1 is 1.40 bits per heavy atom. The molecule has 1 aromatic rings. The molecule has 4 nitrogen and oxygen atoms in total. The number of rotatable bonds is 1. The number of piperazine rings is 1. The van der Waals surface area contributed by atoms with E-state index in [-0.39, 0.29) is 24.4 Å². The Hall–Kier alpha value is -1.10. The van der Waals surface area contributed by atoms with Crippen LogP contribution in [0.5, 0.6) is 0 Å². The molecule has 20 heavy (non-hydrogen) atoms. The summed E-state index contributed by atoms with van der Waals surface area (Å²) in [4.78, 5) is 14.6. The summed E-state index contributed by atoms with van der Waals surface area (Å²) < 4.78 is 5.76. The second kappa shape index (κ2) is 6.57. The largest absolute Gasteiger partial charge is 0.363 e. The number of nitrogens with zero attached hydrogens (tertiary/aromatic N) is 1. The molecule has 2 atom stereocenters. The second-order valence-electron chi connectivity index (χ2n) is 5.28. The highest BCUT2D eigenvalue weighted by Crippen LogP contribution is 2.29. The van der Waals surface area contributed by atoms with Crippen molar-refractivity contribution >= 4 is 18.3 Å². The van der Waals surface area contributed by atoms with Crippen LogP contribution in [0.2, 0.25) is 0 Å². The fourth-order valence-electron chi connectivity index (χ4n) is 2.92. The lowest BCUT2D eigenvalue weighted by Gasteiger charge is -2.37. The summed E-state index contributed by atoms with van der Waals surface area (Å²) in [5.41, 5.74) is 2.29. The van der Waals surface area contributed by atoms with Gasteiger partial charge in [0, 0.05) is 25.7 Å². The second-order valence-corrected chi connectivity index (χ2v) is 5.28. The topological polar surface area (TPSA) is 41.6 Å². The number of benzene rings is 1. The highest BCUT2D eigenvalue weighted by Gasteiger charge is 2.33. The van der Waals surface area contributed by atoms with E-state index in [0.717, 1.165) is 31.6 Å². The van der Waals surface area contributed by atoms with Crippen LogP contribution in [-0.4, -0.2) is 43.1 Å². The molecule has 1 amide bonds. The molecule has 3 rings (SSSR count). The maximum absolute atomic E-state index is 12.7. The third-order valence-corrected chi connectivity index (χ3v) is 4.00. The van der Waals surface area contributed by atoms with Gasteiger partial charge in [-0.25, -0.2) is 0 Å². The molecule has 1 fully saturated rings. The summed E-state index contributed by atoms with van der Waals surface area (Å²) in [5.74, 6) is 0.112. The number of amides is 1. The molecule has 0 bridgehead atoms. The fourth-order valence-corrected chi connectivity index (χ4v) is 2.92. The first kappa shape index (κ1) is 15.3. The van der Waals surface area contributed by atoms with E-state index in [4.69, 9.17) is 4.74 Å². The van der Waals surface area contributed by atoms with Gasteiger partial charge in [-0.3, -0.25) is 4.79 Å². The minimum Gasteiger partial charge on any atom is -0.363 e. The summed E-state index contributed by atoms with van der Waals surface area (Å²) in [6, 6.07) is 8.36. The molecule has 2 aliphatic rings. The molecule has 1 unspecified atom stereocenters. The van der Waals surface area contributed by atoms with Gasteiger partial charge in [-0.2, -0.15) is 0 Å². The van der Waals surface area contributed by atoms with Gasteiger partial charge in [0.1, 0.15) is 0 Å². The smallest absolute Gasteiger partial charge is 0.256 e. The first-order valence-electron chi connectivity index (χ1n) is 6.98. The molecule has 0 aromatic heterocycles. The van der Waals surface area contributed by atoms with Gasteiger partial charge in [0.05, 0.1) is 6.61 Å². The first-order chi connectivity index (χ1) is 9.27. The predicted octanol–water partition coefficient (Wildman–Crippen LogP) is 1.54. The molecular weight excluding hydrogens is 276 g/mol. The van der Waals surface area contributed by atoms with Gasteiger partial charge in [-0.05, 0) is 24.5 Å². The monoisotopic (exact) mass is 296 g/mol. The summed E-state index contributed by atoms with van der Waals surface area (Å²) in [7, 11) is 0. The van der Waals surface area contributed by atoms with Crippen molar-refractivity contribution in [2.75, 3.05) is 26.2 Å². The third-order valence-electron chi connectivity index (χ3n) is 4.00. The SMILES string of the molecule is C[C@@H]1CNCCN1C(=O)C1OCCc2ccccc21.Cl. The molecule has 5 heteroatoms. The quantitative estimate of drug-likeness (QED) is 0.855. The Morgan fingerprint density at radius 2 is 2.20 bits per heavy atom. The Labute approximate surface area is 125 Å². The van der Waals surface area contributed by atoms with Crippen molar-refractivity contribution in [3.05, 3.63) is 35.4 Å². The fraction of sp³-hybridized carbons (Fsp3) is 0.533. The lowest BCUT2D eigenvalue weighted by atomic mass is 9.96. The van der Waals surface area contributed by atoms with Gasteiger partial charge in [-0.15, -0.1) is 12.4 Å². The molecule has 0 radical (unpaired) electrons. The van der Waals surface area contributed by atoms with Crippen molar-refractivity contribution in [1.82, 2.24) is 10.2 Å².